The van der Waals surface area contributed by atoms with E-state index in [1.54, 1.807) is 0 Å². The molecule has 0 aromatic heterocycles. The minimum atomic E-state index is 0.0228. The van der Waals surface area contributed by atoms with Crippen molar-refractivity contribution in [1.82, 2.24) is 5.32 Å². The summed E-state index contributed by atoms with van der Waals surface area (Å²) in [5.41, 5.74) is 2.83. The van der Waals surface area contributed by atoms with Crippen LogP contribution in [0.25, 0.3) is 0 Å². The maximum atomic E-state index is 12.4. The first-order valence-electron chi connectivity index (χ1n) is 7.31. The lowest BCUT2D eigenvalue weighted by Gasteiger charge is -2.23. The fourth-order valence-corrected chi connectivity index (χ4v) is 3.78. The standard InChI is InChI=1S/C16H24N2OS/c1-4-17-14-10-12(2)6-7-13(14)15(19)18-11-16(3)8-5-9-20-16/h6-7,10,17H,4-5,8-9,11H2,1-3H3,(H,18,19). The van der Waals surface area contributed by atoms with Gasteiger partial charge >= 0.3 is 0 Å². The van der Waals surface area contributed by atoms with E-state index in [0.717, 1.165) is 29.9 Å². The number of hydrogen-bond acceptors (Lipinski definition) is 3. The zero-order chi connectivity index (χ0) is 14.6. The SMILES string of the molecule is CCNc1cc(C)ccc1C(=O)NCC1(C)CCCS1. The second kappa shape index (κ2) is 6.53. The fraction of sp³-hybridized carbons (Fsp3) is 0.562. The summed E-state index contributed by atoms with van der Waals surface area (Å²) in [6, 6.07) is 5.93. The summed E-state index contributed by atoms with van der Waals surface area (Å²) in [6.45, 7) is 7.89. The Morgan fingerprint density at radius 2 is 2.25 bits per heavy atom. The molecule has 1 amide bonds. The molecule has 1 aromatic carbocycles. The van der Waals surface area contributed by atoms with Crippen molar-refractivity contribution < 1.29 is 4.79 Å². The van der Waals surface area contributed by atoms with Gasteiger partial charge in [-0.25, -0.2) is 0 Å². The van der Waals surface area contributed by atoms with Gasteiger partial charge in [0.1, 0.15) is 0 Å². The van der Waals surface area contributed by atoms with Crippen molar-refractivity contribution in [3.63, 3.8) is 0 Å². The predicted molar refractivity (Wildman–Crippen MR) is 87.8 cm³/mol. The van der Waals surface area contributed by atoms with Crippen LogP contribution in [0.3, 0.4) is 0 Å². The van der Waals surface area contributed by atoms with Crippen LogP contribution in [-0.4, -0.2) is 29.5 Å². The van der Waals surface area contributed by atoms with E-state index in [2.05, 4.69) is 17.6 Å². The van der Waals surface area contributed by atoms with Crippen molar-refractivity contribution in [2.75, 3.05) is 24.2 Å². The molecule has 0 bridgehead atoms. The van der Waals surface area contributed by atoms with Crippen molar-refractivity contribution >= 4 is 23.4 Å². The summed E-state index contributed by atoms with van der Waals surface area (Å²) in [5, 5.41) is 6.37. The topological polar surface area (TPSA) is 41.1 Å². The van der Waals surface area contributed by atoms with Gasteiger partial charge in [-0.3, -0.25) is 4.79 Å². The van der Waals surface area contributed by atoms with E-state index >= 15 is 0 Å². The first-order valence-corrected chi connectivity index (χ1v) is 8.29. The van der Waals surface area contributed by atoms with Crippen LogP contribution in [0.5, 0.6) is 0 Å². The highest BCUT2D eigenvalue weighted by molar-refractivity contribution is 8.00. The van der Waals surface area contributed by atoms with Gasteiger partial charge in [0.2, 0.25) is 0 Å². The number of thioether (sulfide) groups is 1. The van der Waals surface area contributed by atoms with Crippen molar-refractivity contribution in [2.24, 2.45) is 0 Å². The van der Waals surface area contributed by atoms with Gasteiger partial charge in [0.15, 0.2) is 0 Å². The molecule has 1 aromatic rings. The molecular weight excluding hydrogens is 268 g/mol. The molecular formula is C16H24N2OS. The van der Waals surface area contributed by atoms with E-state index in [4.69, 9.17) is 0 Å². The monoisotopic (exact) mass is 292 g/mol. The van der Waals surface area contributed by atoms with E-state index in [1.807, 2.05) is 43.8 Å². The van der Waals surface area contributed by atoms with Crippen LogP contribution in [0, 0.1) is 6.92 Å². The minimum absolute atomic E-state index is 0.0228. The third-order valence-electron chi connectivity index (χ3n) is 3.71. The molecule has 0 radical (unpaired) electrons. The van der Waals surface area contributed by atoms with Gasteiger partial charge in [0.25, 0.3) is 5.91 Å². The second-order valence-electron chi connectivity index (χ2n) is 5.66. The highest BCUT2D eigenvalue weighted by atomic mass is 32.2. The molecule has 0 saturated carbocycles. The first-order chi connectivity index (χ1) is 9.54. The Morgan fingerprint density at radius 1 is 1.45 bits per heavy atom. The van der Waals surface area contributed by atoms with E-state index in [1.165, 1.54) is 18.6 Å². The summed E-state index contributed by atoms with van der Waals surface area (Å²) in [5.74, 6) is 1.23. The Balaban J connectivity index is 2.05. The highest BCUT2D eigenvalue weighted by Gasteiger charge is 2.30. The van der Waals surface area contributed by atoms with Gasteiger partial charge in [-0.1, -0.05) is 6.07 Å². The number of carbonyl (C=O) groups is 1. The number of aryl methyl sites for hydroxylation is 1. The average molecular weight is 292 g/mol. The van der Waals surface area contributed by atoms with Crippen LogP contribution < -0.4 is 10.6 Å². The summed E-state index contributed by atoms with van der Waals surface area (Å²) in [7, 11) is 0. The van der Waals surface area contributed by atoms with Crippen LogP contribution in [-0.2, 0) is 0 Å². The Labute approximate surface area is 125 Å². The molecule has 2 N–H and O–H groups in total. The molecule has 1 atom stereocenters. The third kappa shape index (κ3) is 3.69. The molecule has 1 saturated heterocycles. The smallest absolute Gasteiger partial charge is 0.253 e. The van der Waals surface area contributed by atoms with Crippen molar-refractivity contribution in [3.8, 4) is 0 Å². The molecule has 1 heterocycles. The molecule has 3 nitrogen and oxygen atoms in total. The molecule has 1 aliphatic heterocycles. The quantitative estimate of drug-likeness (QED) is 0.873. The molecule has 20 heavy (non-hydrogen) atoms. The van der Waals surface area contributed by atoms with Gasteiger partial charge in [0, 0.05) is 23.5 Å². The minimum Gasteiger partial charge on any atom is -0.385 e. The van der Waals surface area contributed by atoms with Gasteiger partial charge < -0.3 is 10.6 Å². The van der Waals surface area contributed by atoms with Crippen molar-refractivity contribution in [2.45, 2.75) is 38.4 Å². The molecule has 4 heteroatoms. The van der Waals surface area contributed by atoms with Gasteiger partial charge in [0.05, 0.1) is 5.56 Å². The number of rotatable bonds is 5. The maximum absolute atomic E-state index is 12.4. The largest absolute Gasteiger partial charge is 0.385 e. The third-order valence-corrected chi connectivity index (χ3v) is 5.25. The Hall–Kier alpha value is -1.16. The molecule has 2 rings (SSSR count). The van der Waals surface area contributed by atoms with E-state index in [0.29, 0.717) is 0 Å². The van der Waals surface area contributed by atoms with E-state index in [9.17, 15) is 4.79 Å². The van der Waals surface area contributed by atoms with Gasteiger partial charge in [-0.05, 0) is 57.1 Å². The van der Waals surface area contributed by atoms with E-state index in [-0.39, 0.29) is 10.7 Å². The van der Waals surface area contributed by atoms with Crippen molar-refractivity contribution in [1.29, 1.82) is 0 Å². The zero-order valence-electron chi connectivity index (χ0n) is 12.6. The molecule has 1 unspecified atom stereocenters. The number of hydrogen-bond donors (Lipinski definition) is 2. The van der Waals surface area contributed by atoms with Gasteiger partial charge in [-0.15, -0.1) is 0 Å². The number of nitrogens with one attached hydrogen (secondary N) is 2. The lowest BCUT2D eigenvalue weighted by molar-refractivity contribution is 0.0950. The summed E-state index contributed by atoms with van der Waals surface area (Å²) < 4.78 is 0.207. The Kier molecular flexibility index (Phi) is 4.97. The van der Waals surface area contributed by atoms with Crippen LogP contribution in [0.2, 0.25) is 0 Å². The lowest BCUT2D eigenvalue weighted by Crippen LogP contribution is -2.37. The normalized spacial score (nSPS) is 21.8. The van der Waals surface area contributed by atoms with Crippen LogP contribution in [0.15, 0.2) is 18.2 Å². The summed E-state index contributed by atoms with van der Waals surface area (Å²) >= 11 is 1.97. The van der Waals surface area contributed by atoms with Gasteiger partial charge in [-0.2, -0.15) is 11.8 Å². The Bertz CT molecular complexity index is 481. The van der Waals surface area contributed by atoms with Crippen LogP contribution in [0.4, 0.5) is 5.69 Å². The number of amides is 1. The molecule has 1 aliphatic rings. The average Bonchev–Trinajstić information content (AvgIpc) is 2.84. The zero-order valence-corrected chi connectivity index (χ0v) is 13.4. The van der Waals surface area contributed by atoms with Crippen LogP contribution >= 0.6 is 11.8 Å². The number of benzene rings is 1. The van der Waals surface area contributed by atoms with E-state index < -0.39 is 0 Å². The maximum Gasteiger partial charge on any atom is 0.253 e. The summed E-state index contributed by atoms with van der Waals surface area (Å²) in [6.07, 6.45) is 2.44. The molecule has 0 aliphatic carbocycles. The van der Waals surface area contributed by atoms with Crippen molar-refractivity contribution in [3.05, 3.63) is 29.3 Å². The highest BCUT2D eigenvalue weighted by Crippen LogP contribution is 2.37. The molecule has 110 valence electrons. The number of anilines is 1. The van der Waals surface area contributed by atoms with Crippen LogP contribution in [0.1, 0.15) is 42.6 Å². The summed E-state index contributed by atoms with van der Waals surface area (Å²) in [4.78, 5) is 12.4. The molecule has 0 spiro atoms. The second-order valence-corrected chi connectivity index (χ2v) is 7.35. The predicted octanol–water partition coefficient (Wildman–Crippen LogP) is 3.44. The Morgan fingerprint density at radius 3 is 2.90 bits per heavy atom. The first kappa shape index (κ1) is 15.2. The lowest BCUT2D eigenvalue weighted by atomic mass is 10.0. The number of carbonyl (C=O) groups excluding carboxylic acids is 1. The fourth-order valence-electron chi connectivity index (χ4n) is 2.53. The molecule has 1 fully saturated rings.